The molecule has 1 aromatic rings. The summed E-state index contributed by atoms with van der Waals surface area (Å²) in [5.41, 5.74) is 0.768. The molecule has 0 aliphatic rings. The van der Waals surface area contributed by atoms with Crippen molar-refractivity contribution in [1.29, 1.82) is 0 Å². The zero-order valence-electron chi connectivity index (χ0n) is 10.2. The van der Waals surface area contributed by atoms with Crippen molar-refractivity contribution in [2.45, 2.75) is 6.29 Å². The molecule has 0 aromatic carbocycles. The third-order valence-electron chi connectivity index (χ3n) is 2.19. The first-order chi connectivity index (χ1) is 8.17. The molecule has 0 amide bonds. The second kappa shape index (κ2) is 6.17. The minimum atomic E-state index is -0.593. The number of hydrogen-bond donors (Lipinski definition) is 0. The molecule has 1 aromatic heterocycles. The van der Waals surface area contributed by atoms with E-state index in [1.165, 1.54) is 40.7 Å². The first-order valence-corrected chi connectivity index (χ1v) is 4.85. The van der Waals surface area contributed by atoms with Crippen molar-refractivity contribution >= 4 is 5.97 Å². The van der Waals surface area contributed by atoms with Gasteiger partial charge in [-0.25, -0.2) is 9.78 Å². The molecule has 1 rings (SSSR count). The minimum Gasteiger partial charge on any atom is -0.496 e. The molecule has 0 saturated heterocycles. The number of carbonyl (C=O) groups excluding carboxylic acids is 1. The molecule has 6 heteroatoms. The second-order valence-corrected chi connectivity index (χ2v) is 3.11. The minimum absolute atomic E-state index is 0.166. The summed E-state index contributed by atoms with van der Waals surface area (Å²) in [4.78, 5) is 15.3. The Kier molecular flexibility index (Phi) is 4.86. The first-order valence-electron chi connectivity index (χ1n) is 4.85. The van der Waals surface area contributed by atoms with Crippen LogP contribution >= 0.6 is 0 Å². The van der Waals surface area contributed by atoms with Gasteiger partial charge in [0.15, 0.2) is 12.0 Å². The molecule has 0 N–H and O–H groups in total. The van der Waals surface area contributed by atoms with E-state index in [1.807, 2.05) is 0 Å². The smallest absolute Gasteiger partial charge is 0.356 e. The van der Waals surface area contributed by atoms with Crippen molar-refractivity contribution in [2.75, 3.05) is 28.4 Å². The third-order valence-corrected chi connectivity index (χ3v) is 2.19. The lowest BCUT2D eigenvalue weighted by Gasteiger charge is -2.16. The molecule has 0 aliphatic heterocycles. The van der Waals surface area contributed by atoms with Crippen molar-refractivity contribution in [2.24, 2.45) is 0 Å². The molecule has 1 heterocycles. The molecule has 0 unspecified atom stereocenters. The highest BCUT2D eigenvalue weighted by Gasteiger charge is 2.18. The fourth-order valence-corrected chi connectivity index (χ4v) is 1.37. The molecule has 17 heavy (non-hydrogen) atoms. The van der Waals surface area contributed by atoms with E-state index >= 15 is 0 Å². The maximum atomic E-state index is 11.3. The number of pyridine rings is 1. The zero-order valence-corrected chi connectivity index (χ0v) is 10.2. The van der Waals surface area contributed by atoms with E-state index in [0.29, 0.717) is 11.3 Å². The maximum absolute atomic E-state index is 11.3. The lowest BCUT2D eigenvalue weighted by atomic mass is 10.2. The van der Waals surface area contributed by atoms with Gasteiger partial charge in [0.1, 0.15) is 5.75 Å². The Balaban J connectivity index is 3.13. The molecule has 0 spiro atoms. The van der Waals surface area contributed by atoms with Gasteiger partial charge in [0.05, 0.1) is 19.8 Å². The number of aromatic nitrogens is 1. The summed E-state index contributed by atoms with van der Waals surface area (Å²) in [6, 6.07) is 1.48. The van der Waals surface area contributed by atoms with Crippen LogP contribution in [0.4, 0.5) is 0 Å². The molecule has 0 saturated carbocycles. The van der Waals surface area contributed by atoms with E-state index in [4.69, 9.17) is 14.2 Å². The first kappa shape index (κ1) is 13.4. The van der Waals surface area contributed by atoms with Crippen LogP contribution < -0.4 is 4.74 Å². The number of hydrogen-bond acceptors (Lipinski definition) is 6. The summed E-state index contributed by atoms with van der Waals surface area (Å²) >= 11 is 0. The Morgan fingerprint density at radius 2 is 1.88 bits per heavy atom. The lowest BCUT2D eigenvalue weighted by molar-refractivity contribution is -0.107. The van der Waals surface area contributed by atoms with E-state index in [2.05, 4.69) is 9.72 Å². The largest absolute Gasteiger partial charge is 0.496 e. The van der Waals surface area contributed by atoms with Crippen LogP contribution in [0, 0.1) is 0 Å². The van der Waals surface area contributed by atoms with Crippen LogP contribution in [0.5, 0.6) is 5.75 Å². The summed E-state index contributed by atoms with van der Waals surface area (Å²) < 4.78 is 19.9. The number of methoxy groups -OCH3 is 4. The van der Waals surface area contributed by atoms with Crippen LogP contribution in [0.2, 0.25) is 0 Å². The fourth-order valence-electron chi connectivity index (χ4n) is 1.37. The van der Waals surface area contributed by atoms with Crippen LogP contribution in [-0.4, -0.2) is 39.4 Å². The Hall–Kier alpha value is -1.66. The van der Waals surface area contributed by atoms with Crippen molar-refractivity contribution in [3.63, 3.8) is 0 Å². The molecule has 0 radical (unpaired) electrons. The van der Waals surface area contributed by atoms with Gasteiger partial charge in [0.25, 0.3) is 0 Å². The molecule has 0 aliphatic carbocycles. The molecule has 6 nitrogen and oxygen atoms in total. The van der Waals surface area contributed by atoms with Gasteiger partial charge in [0.2, 0.25) is 0 Å². The summed E-state index contributed by atoms with van der Waals surface area (Å²) in [5, 5.41) is 0. The van der Waals surface area contributed by atoms with Gasteiger partial charge in [0, 0.05) is 26.5 Å². The van der Waals surface area contributed by atoms with Crippen molar-refractivity contribution < 1.29 is 23.7 Å². The number of ether oxygens (including phenoxy) is 4. The predicted molar refractivity (Wildman–Crippen MR) is 58.9 cm³/mol. The molecule has 0 fully saturated rings. The quantitative estimate of drug-likeness (QED) is 0.569. The van der Waals surface area contributed by atoms with E-state index in [1.54, 1.807) is 0 Å². The summed E-state index contributed by atoms with van der Waals surface area (Å²) in [7, 11) is 5.78. The molecule has 0 atom stereocenters. The molecule has 94 valence electrons. The Bertz CT molecular complexity index is 389. The highest BCUT2D eigenvalue weighted by Crippen LogP contribution is 2.27. The van der Waals surface area contributed by atoms with Crippen LogP contribution in [0.25, 0.3) is 0 Å². The number of esters is 1. The van der Waals surface area contributed by atoms with E-state index in [0.717, 1.165) is 0 Å². The predicted octanol–water partition coefficient (Wildman–Crippen LogP) is 1.17. The van der Waals surface area contributed by atoms with Gasteiger partial charge in [-0.05, 0) is 0 Å². The summed E-state index contributed by atoms with van der Waals surface area (Å²) in [5.74, 6) is -0.0738. The number of nitrogens with zero attached hydrogens (tertiary/aromatic N) is 1. The van der Waals surface area contributed by atoms with E-state index < -0.39 is 12.3 Å². The highest BCUT2D eigenvalue weighted by atomic mass is 16.7. The summed E-state index contributed by atoms with van der Waals surface area (Å²) in [6.07, 6.45) is 0.868. The molecular formula is C11H15NO5. The van der Waals surface area contributed by atoms with E-state index in [9.17, 15) is 4.79 Å². The van der Waals surface area contributed by atoms with Crippen LogP contribution in [0.1, 0.15) is 22.3 Å². The highest BCUT2D eigenvalue weighted by molar-refractivity contribution is 5.87. The normalized spacial score (nSPS) is 10.4. The van der Waals surface area contributed by atoms with Crippen LogP contribution in [0.15, 0.2) is 12.3 Å². The van der Waals surface area contributed by atoms with Gasteiger partial charge >= 0.3 is 5.97 Å². The standard InChI is InChI=1S/C11H15NO5/c1-14-9-5-8(10(13)15-2)12-6-7(9)11(16-3)17-4/h5-6,11H,1-4H3. The Morgan fingerprint density at radius 1 is 1.24 bits per heavy atom. The SMILES string of the molecule is COC(=O)c1cc(OC)c(C(OC)OC)cn1. The lowest BCUT2D eigenvalue weighted by Crippen LogP contribution is -2.10. The van der Waals surface area contributed by atoms with Crippen LogP contribution in [-0.2, 0) is 14.2 Å². The average Bonchev–Trinajstić information content (AvgIpc) is 2.39. The third kappa shape index (κ3) is 2.92. The van der Waals surface area contributed by atoms with Crippen molar-refractivity contribution in [3.8, 4) is 5.75 Å². The fraction of sp³-hybridized carbons (Fsp3) is 0.455. The van der Waals surface area contributed by atoms with E-state index in [-0.39, 0.29) is 5.69 Å². The monoisotopic (exact) mass is 241 g/mol. The van der Waals surface area contributed by atoms with Crippen LogP contribution in [0.3, 0.4) is 0 Å². The summed E-state index contributed by atoms with van der Waals surface area (Å²) in [6.45, 7) is 0. The topological polar surface area (TPSA) is 66.9 Å². The van der Waals surface area contributed by atoms with Gasteiger partial charge in [-0.15, -0.1) is 0 Å². The molecule has 0 bridgehead atoms. The number of rotatable bonds is 5. The number of carbonyl (C=O) groups is 1. The second-order valence-electron chi connectivity index (χ2n) is 3.11. The average molecular weight is 241 g/mol. The zero-order chi connectivity index (χ0) is 12.8. The van der Waals surface area contributed by atoms with Gasteiger partial charge in [-0.1, -0.05) is 0 Å². The molecular weight excluding hydrogens is 226 g/mol. The Labute approximate surface area is 99.5 Å². The Morgan fingerprint density at radius 3 is 2.35 bits per heavy atom. The van der Waals surface area contributed by atoms with Crippen molar-refractivity contribution in [1.82, 2.24) is 4.98 Å². The van der Waals surface area contributed by atoms with Gasteiger partial charge in [-0.2, -0.15) is 0 Å². The van der Waals surface area contributed by atoms with Gasteiger partial charge < -0.3 is 18.9 Å². The maximum Gasteiger partial charge on any atom is 0.356 e. The van der Waals surface area contributed by atoms with Gasteiger partial charge in [-0.3, -0.25) is 0 Å². The van der Waals surface area contributed by atoms with Crippen molar-refractivity contribution in [3.05, 3.63) is 23.5 Å².